The van der Waals surface area contributed by atoms with Crippen molar-refractivity contribution in [2.45, 2.75) is 12.2 Å². The molecule has 0 aromatic rings. The Bertz CT molecular complexity index is 373. The molecular formula is C6H13NO6S2. The molecule has 1 fully saturated rings. The molecule has 1 heterocycles. The minimum atomic E-state index is -3.61. The summed E-state index contributed by atoms with van der Waals surface area (Å²) in [6.45, 7) is 0.487. The van der Waals surface area contributed by atoms with E-state index in [2.05, 4.69) is 13.7 Å². The second kappa shape index (κ2) is 4.34. The van der Waals surface area contributed by atoms with E-state index >= 15 is 0 Å². The van der Waals surface area contributed by atoms with E-state index in [1.807, 2.05) is 0 Å². The van der Waals surface area contributed by atoms with Crippen molar-refractivity contribution in [2.24, 2.45) is 0 Å². The van der Waals surface area contributed by atoms with E-state index in [1.165, 1.54) is 0 Å². The molecule has 0 amide bonds. The molecule has 0 saturated carbocycles. The van der Waals surface area contributed by atoms with Crippen molar-refractivity contribution >= 4 is 20.2 Å². The predicted molar refractivity (Wildman–Crippen MR) is 52.3 cm³/mol. The molecule has 0 bridgehead atoms. The second-order valence-electron chi connectivity index (χ2n) is 3.34. The lowest BCUT2D eigenvalue weighted by Crippen LogP contribution is -2.33. The average molecular weight is 259 g/mol. The maximum absolute atomic E-state index is 10.8. The first-order chi connectivity index (χ1) is 6.67. The molecule has 90 valence electrons. The Labute approximate surface area is 89.0 Å². The third-order valence-corrected chi connectivity index (χ3v) is 2.90. The van der Waals surface area contributed by atoms with E-state index in [0.29, 0.717) is 0 Å². The number of rotatable bonds is 4. The van der Waals surface area contributed by atoms with Gasteiger partial charge in [-0.15, -0.1) is 0 Å². The molecule has 0 aromatic heterocycles. The highest BCUT2D eigenvalue weighted by Crippen LogP contribution is 2.13. The molecule has 0 unspecified atom stereocenters. The van der Waals surface area contributed by atoms with Crippen LogP contribution in [0.3, 0.4) is 0 Å². The van der Waals surface area contributed by atoms with E-state index < -0.39 is 32.4 Å². The maximum atomic E-state index is 10.8. The Kier molecular flexibility index (Phi) is 3.71. The van der Waals surface area contributed by atoms with Gasteiger partial charge < -0.3 is 5.32 Å². The van der Waals surface area contributed by atoms with Crippen LogP contribution in [0.15, 0.2) is 0 Å². The summed E-state index contributed by atoms with van der Waals surface area (Å²) in [4.78, 5) is 0. The molecule has 0 aromatic carbocycles. The van der Waals surface area contributed by atoms with Crippen molar-refractivity contribution in [1.29, 1.82) is 0 Å². The molecule has 0 radical (unpaired) electrons. The third-order valence-electron chi connectivity index (χ3n) is 1.70. The Hall–Kier alpha value is -0.220. The zero-order valence-electron chi connectivity index (χ0n) is 8.33. The fourth-order valence-electron chi connectivity index (χ4n) is 1.27. The fourth-order valence-corrected chi connectivity index (χ4v) is 2.55. The van der Waals surface area contributed by atoms with Gasteiger partial charge in [0.1, 0.15) is 12.2 Å². The monoisotopic (exact) mass is 259 g/mol. The predicted octanol–water partition coefficient (Wildman–Crippen LogP) is -1.72. The standard InChI is InChI=1S/C6H13NO6S2/c1-14(8,9)12-5-3-7-4-6(5)13-15(2,10)11/h5-7H,3-4H2,1-2H3/t5-,6-/m1/s1. The van der Waals surface area contributed by atoms with Crippen molar-refractivity contribution in [3.8, 4) is 0 Å². The summed E-state index contributed by atoms with van der Waals surface area (Å²) in [5.41, 5.74) is 0. The number of nitrogens with one attached hydrogen (secondary N) is 1. The highest BCUT2D eigenvalue weighted by Gasteiger charge is 2.34. The first-order valence-electron chi connectivity index (χ1n) is 4.14. The maximum Gasteiger partial charge on any atom is 0.264 e. The normalized spacial score (nSPS) is 28.1. The Morgan fingerprint density at radius 3 is 1.53 bits per heavy atom. The van der Waals surface area contributed by atoms with Crippen LogP contribution in [-0.2, 0) is 28.6 Å². The summed E-state index contributed by atoms with van der Waals surface area (Å²) in [5, 5.41) is 2.79. The van der Waals surface area contributed by atoms with Crippen LogP contribution in [0.5, 0.6) is 0 Å². The largest absolute Gasteiger partial charge is 0.311 e. The average Bonchev–Trinajstić information content (AvgIpc) is 2.29. The Balaban J connectivity index is 2.66. The third kappa shape index (κ3) is 4.89. The molecule has 2 atom stereocenters. The molecule has 9 heteroatoms. The van der Waals surface area contributed by atoms with Gasteiger partial charge in [-0.05, 0) is 0 Å². The van der Waals surface area contributed by atoms with Crippen LogP contribution in [0.1, 0.15) is 0 Å². The van der Waals surface area contributed by atoms with Gasteiger partial charge in [-0.25, -0.2) is 0 Å². The first kappa shape index (κ1) is 12.8. The number of hydrogen-bond acceptors (Lipinski definition) is 7. The topological polar surface area (TPSA) is 98.8 Å². The molecule has 1 saturated heterocycles. The molecular weight excluding hydrogens is 246 g/mol. The van der Waals surface area contributed by atoms with Crippen molar-refractivity contribution in [1.82, 2.24) is 5.32 Å². The van der Waals surface area contributed by atoms with Gasteiger partial charge in [0.15, 0.2) is 0 Å². The lowest BCUT2D eigenvalue weighted by atomic mass is 10.3. The SMILES string of the molecule is CS(=O)(=O)O[C@@H]1CNC[C@H]1OS(C)(=O)=O. The molecule has 1 aliphatic rings. The highest BCUT2D eigenvalue weighted by atomic mass is 32.2. The summed E-state index contributed by atoms with van der Waals surface area (Å²) in [6, 6.07) is 0. The molecule has 0 aliphatic carbocycles. The summed E-state index contributed by atoms with van der Waals surface area (Å²) in [5.74, 6) is 0. The van der Waals surface area contributed by atoms with E-state index in [1.54, 1.807) is 0 Å². The van der Waals surface area contributed by atoms with Crippen LogP contribution in [0.25, 0.3) is 0 Å². The summed E-state index contributed by atoms with van der Waals surface area (Å²) < 4.78 is 52.7. The van der Waals surface area contributed by atoms with Crippen LogP contribution in [0.2, 0.25) is 0 Å². The lowest BCUT2D eigenvalue weighted by molar-refractivity contribution is 0.102. The summed E-state index contributed by atoms with van der Waals surface area (Å²) in [7, 11) is -7.22. The minimum absolute atomic E-state index is 0.243. The summed E-state index contributed by atoms with van der Waals surface area (Å²) in [6.07, 6.45) is 0.218. The van der Waals surface area contributed by atoms with E-state index in [4.69, 9.17) is 0 Å². The van der Waals surface area contributed by atoms with Gasteiger partial charge in [0.25, 0.3) is 20.2 Å². The van der Waals surface area contributed by atoms with Gasteiger partial charge in [0.2, 0.25) is 0 Å². The summed E-state index contributed by atoms with van der Waals surface area (Å²) >= 11 is 0. The Morgan fingerprint density at radius 2 is 1.27 bits per heavy atom. The van der Waals surface area contributed by atoms with E-state index in [-0.39, 0.29) is 13.1 Å². The highest BCUT2D eigenvalue weighted by molar-refractivity contribution is 7.86. The first-order valence-corrected chi connectivity index (χ1v) is 7.78. The van der Waals surface area contributed by atoms with Gasteiger partial charge in [-0.1, -0.05) is 0 Å². The van der Waals surface area contributed by atoms with Crippen molar-refractivity contribution in [3.05, 3.63) is 0 Å². The smallest absolute Gasteiger partial charge is 0.264 e. The molecule has 1 N–H and O–H groups in total. The molecule has 7 nitrogen and oxygen atoms in total. The van der Waals surface area contributed by atoms with Gasteiger partial charge in [0.05, 0.1) is 12.5 Å². The quantitative estimate of drug-likeness (QED) is 0.599. The molecule has 1 aliphatic heterocycles. The van der Waals surface area contributed by atoms with Crippen LogP contribution in [0, 0.1) is 0 Å². The van der Waals surface area contributed by atoms with Crippen LogP contribution >= 0.6 is 0 Å². The van der Waals surface area contributed by atoms with Gasteiger partial charge in [-0.3, -0.25) is 8.37 Å². The van der Waals surface area contributed by atoms with E-state index in [0.717, 1.165) is 12.5 Å². The van der Waals surface area contributed by atoms with Gasteiger partial charge in [-0.2, -0.15) is 16.8 Å². The van der Waals surface area contributed by atoms with Gasteiger partial charge in [0, 0.05) is 13.1 Å². The van der Waals surface area contributed by atoms with E-state index in [9.17, 15) is 16.8 Å². The fraction of sp³-hybridized carbons (Fsp3) is 1.00. The van der Waals surface area contributed by atoms with Crippen molar-refractivity contribution in [2.75, 3.05) is 25.6 Å². The minimum Gasteiger partial charge on any atom is -0.311 e. The van der Waals surface area contributed by atoms with Crippen LogP contribution < -0.4 is 5.32 Å². The van der Waals surface area contributed by atoms with Crippen LogP contribution in [-0.4, -0.2) is 54.6 Å². The number of hydrogen-bond donors (Lipinski definition) is 1. The zero-order chi connectivity index (χ0) is 11.7. The van der Waals surface area contributed by atoms with Gasteiger partial charge >= 0.3 is 0 Å². The second-order valence-corrected chi connectivity index (χ2v) is 6.54. The molecule has 1 rings (SSSR count). The van der Waals surface area contributed by atoms with Crippen LogP contribution in [0.4, 0.5) is 0 Å². The Morgan fingerprint density at radius 1 is 0.933 bits per heavy atom. The molecule has 0 spiro atoms. The molecule has 15 heavy (non-hydrogen) atoms. The zero-order valence-corrected chi connectivity index (χ0v) is 9.97. The van der Waals surface area contributed by atoms with Crippen molar-refractivity contribution in [3.63, 3.8) is 0 Å². The van der Waals surface area contributed by atoms with Crippen molar-refractivity contribution < 1.29 is 25.2 Å². The lowest BCUT2D eigenvalue weighted by Gasteiger charge is -2.16.